The lowest BCUT2D eigenvalue weighted by Crippen LogP contribution is -2.47. The molecule has 0 aromatic carbocycles. The van der Waals surface area contributed by atoms with Crippen LogP contribution < -0.4 is 0 Å². The topological polar surface area (TPSA) is 76.1 Å². The third-order valence-electron chi connectivity index (χ3n) is 5.38. The SMILES string of the molecule is CC1(C)OB(C2=CC(=O)N3C(CC[C@H]3C(=O)O)C2)OC1(C)C. The number of aliphatic carboxylic acids is 1. The number of carbonyl (C=O) groups excluding carboxylic acids is 1. The number of amides is 1. The number of fused-ring (bicyclic) bond motifs is 1. The highest BCUT2D eigenvalue weighted by molar-refractivity contribution is 6.55. The molecule has 6 nitrogen and oxygen atoms in total. The summed E-state index contributed by atoms with van der Waals surface area (Å²) in [5.74, 6) is -1.17. The second-order valence-electron chi connectivity index (χ2n) is 7.34. The Labute approximate surface area is 130 Å². The minimum Gasteiger partial charge on any atom is -0.480 e. The van der Waals surface area contributed by atoms with E-state index in [0.717, 1.165) is 5.47 Å². The molecule has 1 unspecified atom stereocenters. The largest absolute Gasteiger partial charge is 0.490 e. The fraction of sp³-hybridized carbons (Fsp3) is 0.733. The molecular formula is C15H22BNO5. The quantitative estimate of drug-likeness (QED) is 0.780. The van der Waals surface area contributed by atoms with Gasteiger partial charge in [0.1, 0.15) is 6.04 Å². The predicted molar refractivity (Wildman–Crippen MR) is 80.1 cm³/mol. The Balaban J connectivity index is 1.82. The second-order valence-corrected chi connectivity index (χ2v) is 7.34. The summed E-state index contributed by atoms with van der Waals surface area (Å²) >= 11 is 0. The Kier molecular flexibility index (Phi) is 3.41. The van der Waals surface area contributed by atoms with E-state index in [-0.39, 0.29) is 11.9 Å². The van der Waals surface area contributed by atoms with Crippen LogP contribution >= 0.6 is 0 Å². The molecule has 1 N–H and O–H groups in total. The molecule has 2 saturated heterocycles. The third kappa shape index (κ3) is 2.27. The van der Waals surface area contributed by atoms with Gasteiger partial charge >= 0.3 is 13.1 Å². The van der Waals surface area contributed by atoms with Crippen molar-refractivity contribution in [2.45, 2.75) is 70.2 Å². The summed E-state index contributed by atoms with van der Waals surface area (Å²) in [5.41, 5.74) is -0.0772. The highest BCUT2D eigenvalue weighted by Crippen LogP contribution is 2.41. The Bertz CT molecular complexity index is 540. The minimum absolute atomic E-state index is 0.0624. The zero-order chi connectivity index (χ0) is 16.3. The molecule has 7 heteroatoms. The van der Waals surface area contributed by atoms with Crippen LogP contribution in [0.15, 0.2) is 11.5 Å². The highest BCUT2D eigenvalue weighted by atomic mass is 16.7. The fourth-order valence-corrected chi connectivity index (χ4v) is 3.38. The van der Waals surface area contributed by atoms with Gasteiger partial charge in [-0.25, -0.2) is 4.79 Å². The summed E-state index contributed by atoms with van der Waals surface area (Å²) in [4.78, 5) is 25.1. The van der Waals surface area contributed by atoms with Crippen LogP contribution in [0.3, 0.4) is 0 Å². The lowest BCUT2D eigenvalue weighted by atomic mass is 9.73. The van der Waals surface area contributed by atoms with E-state index in [1.807, 2.05) is 27.7 Å². The molecule has 2 atom stereocenters. The van der Waals surface area contributed by atoms with Crippen molar-refractivity contribution in [2.75, 3.05) is 0 Å². The molecule has 0 radical (unpaired) electrons. The van der Waals surface area contributed by atoms with Crippen molar-refractivity contribution in [3.63, 3.8) is 0 Å². The summed E-state index contributed by atoms with van der Waals surface area (Å²) in [5, 5.41) is 9.22. The van der Waals surface area contributed by atoms with Crippen LogP contribution in [0.2, 0.25) is 0 Å². The van der Waals surface area contributed by atoms with Gasteiger partial charge in [-0.2, -0.15) is 0 Å². The maximum absolute atomic E-state index is 12.4. The monoisotopic (exact) mass is 307 g/mol. The van der Waals surface area contributed by atoms with E-state index in [4.69, 9.17) is 9.31 Å². The van der Waals surface area contributed by atoms with Gasteiger partial charge in [-0.05, 0) is 58.5 Å². The predicted octanol–water partition coefficient (Wildman–Crippen LogP) is 1.39. The molecule has 120 valence electrons. The van der Waals surface area contributed by atoms with Crippen molar-refractivity contribution >= 4 is 19.0 Å². The standard InChI is InChI=1S/C15H22BNO5/c1-14(2)15(3,4)22-16(21-14)9-7-10-5-6-11(13(19)20)17(10)12(18)8-9/h8,10-11H,5-7H2,1-4H3,(H,19,20)/t10?,11-/m0/s1. The molecule has 1 amide bonds. The van der Waals surface area contributed by atoms with Crippen LogP contribution in [-0.2, 0) is 18.9 Å². The normalized spacial score (nSPS) is 32.9. The first kappa shape index (κ1) is 15.6. The van der Waals surface area contributed by atoms with E-state index < -0.39 is 30.3 Å². The number of hydrogen-bond donors (Lipinski definition) is 1. The van der Waals surface area contributed by atoms with E-state index >= 15 is 0 Å². The van der Waals surface area contributed by atoms with Crippen molar-refractivity contribution in [2.24, 2.45) is 0 Å². The van der Waals surface area contributed by atoms with Crippen LogP contribution in [0.4, 0.5) is 0 Å². The molecular weight excluding hydrogens is 285 g/mol. The molecule has 0 aliphatic carbocycles. The Morgan fingerprint density at radius 3 is 2.41 bits per heavy atom. The first-order valence-electron chi connectivity index (χ1n) is 7.73. The van der Waals surface area contributed by atoms with Crippen LogP contribution in [0.1, 0.15) is 47.0 Å². The van der Waals surface area contributed by atoms with E-state index in [2.05, 4.69) is 0 Å². The van der Waals surface area contributed by atoms with Crippen molar-refractivity contribution in [1.29, 1.82) is 0 Å². The van der Waals surface area contributed by atoms with Crippen molar-refractivity contribution in [3.8, 4) is 0 Å². The molecule has 0 bridgehead atoms. The summed E-state index contributed by atoms with van der Waals surface area (Å²) in [6, 6.07) is -0.763. The molecule has 0 spiro atoms. The summed E-state index contributed by atoms with van der Waals surface area (Å²) in [7, 11) is -0.528. The van der Waals surface area contributed by atoms with Gasteiger partial charge in [0.05, 0.1) is 11.2 Å². The summed E-state index contributed by atoms with van der Waals surface area (Å²) in [6.45, 7) is 7.89. The van der Waals surface area contributed by atoms with Gasteiger partial charge in [0.15, 0.2) is 0 Å². The number of hydrogen-bond acceptors (Lipinski definition) is 4. The van der Waals surface area contributed by atoms with E-state index in [9.17, 15) is 14.7 Å². The molecule has 3 aliphatic heterocycles. The van der Waals surface area contributed by atoms with Crippen LogP contribution in [0.25, 0.3) is 0 Å². The maximum atomic E-state index is 12.4. The molecule has 0 aromatic heterocycles. The second kappa shape index (κ2) is 4.83. The number of carbonyl (C=O) groups is 2. The maximum Gasteiger partial charge on any atom is 0.490 e. The summed E-state index contributed by atoms with van der Waals surface area (Å²) in [6.07, 6.45) is 3.34. The van der Waals surface area contributed by atoms with E-state index in [0.29, 0.717) is 19.3 Å². The fourth-order valence-electron chi connectivity index (χ4n) is 3.38. The lowest BCUT2D eigenvalue weighted by molar-refractivity contribution is -0.148. The van der Waals surface area contributed by atoms with E-state index in [1.165, 1.54) is 11.0 Å². The average molecular weight is 307 g/mol. The highest BCUT2D eigenvalue weighted by Gasteiger charge is 2.54. The van der Waals surface area contributed by atoms with Gasteiger partial charge in [-0.15, -0.1) is 0 Å². The minimum atomic E-state index is -0.927. The zero-order valence-electron chi connectivity index (χ0n) is 13.5. The first-order chi connectivity index (χ1) is 10.1. The zero-order valence-corrected chi connectivity index (χ0v) is 13.5. The summed E-state index contributed by atoms with van der Waals surface area (Å²) < 4.78 is 12.0. The number of rotatable bonds is 2. The van der Waals surface area contributed by atoms with Gasteiger partial charge in [0.25, 0.3) is 0 Å². The molecule has 3 rings (SSSR count). The van der Waals surface area contributed by atoms with Crippen LogP contribution in [-0.4, -0.2) is 52.3 Å². The Morgan fingerprint density at radius 1 is 1.27 bits per heavy atom. The number of carboxylic acid groups (broad SMARTS) is 1. The van der Waals surface area contributed by atoms with Crippen molar-refractivity contribution in [3.05, 3.63) is 11.5 Å². The van der Waals surface area contributed by atoms with Gasteiger partial charge in [0, 0.05) is 6.04 Å². The molecule has 0 saturated carbocycles. The van der Waals surface area contributed by atoms with E-state index in [1.54, 1.807) is 0 Å². The van der Waals surface area contributed by atoms with Gasteiger partial charge < -0.3 is 19.3 Å². The number of nitrogens with zero attached hydrogens (tertiary/aromatic N) is 1. The van der Waals surface area contributed by atoms with Gasteiger partial charge in [-0.3, -0.25) is 4.79 Å². The molecule has 3 heterocycles. The van der Waals surface area contributed by atoms with Crippen LogP contribution in [0, 0.1) is 0 Å². The molecule has 2 fully saturated rings. The third-order valence-corrected chi connectivity index (χ3v) is 5.38. The van der Waals surface area contributed by atoms with Crippen LogP contribution in [0.5, 0.6) is 0 Å². The lowest BCUT2D eigenvalue weighted by Gasteiger charge is -2.32. The smallest absolute Gasteiger partial charge is 0.480 e. The average Bonchev–Trinajstić information content (AvgIpc) is 2.89. The van der Waals surface area contributed by atoms with Crippen molar-refractivity contribution < 1.29 is 24.0 Å². The van der Waals surface area contributed by atoms with Crippen molar-refractivity contribution in [1.82, 2.24) is 4.90 Å². The van der Waals surface area contributed by atoms with Gasteiger partial charge in [-0.1, -0.05) is 0 Å². The molecule has 3 aliphatic rings. The first-order valence-corrected chi connectivity index (χ1v) is 7.73. The molecule has 0 aromatic rings. The molecule has 22 heavy (non-hydrogen) atoms. The Morgan fingerprint density at radius 2 is 1.86 bits per heavy atom. The Hall–Kier alpha value is -1.34. The number of carboxylic acids is 1. The van der Waals surface area contributed by atoms with Gasteiger partial charge in [0.2, 0.25) is 5.91 Å².